The van der Waals surface area contributed by atoms with E-state index in [-0.39, 0.29) is 0 Å². The quantitative estimate of drug-likeness (QED) is 0.649. The van der Waals surface area contributed by atoms with Crippen molar-refractivity contribution in [3.05, 3.63) is 48.0 Å². The number of benzene rings is 1. The molecule has 2 aromatic rings. The number of nitrogens with one attached hydrogen (secondary N) is 1. The molecule has 19 heavy (non-hydrogen) atoms. The van der Waals surface area contributed by atoms with E-state index in [1.54, 1.807) is 12.5 Å². The lowest BCUT2D eigenvalue weighted by Crippen LogP contribution is -2.23. The summed E-state index contributed by atoms with van der Waals surface area (Å²) in [6.07, 6.45) is 5.42. The molecule has 0 fully saturated rings. The van der Waals surface area contributed by atoms with Gasteiger partial charge < -0.3 is 15.6 Å². The van der Waals surface area contributed by atoms with Crippen LogP contribution in [-0.4, -0.2) is 22.1 Å². The smallest absolute Gasteiger partial charge is 0.193 e. The number of aromatic nitrogens is 2. The van der Waals surface area contributed by atoms with Gasteiger partial charge in [0.05, 0.1) is 12.9 Å². The fraction of sp³-hybridized carbons (Fsp3) is 0.286. The van der Waals surface area contributed by atoms with E-state index in [1.807, 2.05) is 22.9 Å². The highest BCUT2D eigenvalue weighted by molar-refractivity contribution is 5.92. The van der Waals surface area contributed by atoms with Crippen LogP contribution in [-0.2, 0) is 6.54 Å². The zero-order valence-electron chi connectivity index (χ0n) is 11.3. The number of aliphatic imine (C=N–C) groups is 1. The lowest BCUT2D eigenvalue weighted by Gasteiger charge is -2.08. The van der Waals surface area contributed by atoms with Crippen LogP contribution in [0.25, 0.3) is 0 Å². The zero-order chi connectivity index (χ0) is 13.7. The Labute approximate surface area is 113 Å². The maximum atomic E-state index is 5.86. The Morgan fingerprint density at radius 3 is 2.68 bits per heavy atom. The molecule has 1 aromatic carbocycles. The predicted octanol–water partition coefficient (Wildman–Crippen LogP) is 1.93. The SMILES string of the molecule is Cc1cc(C)cc(NC(N)=NCCn2ccnc2)c1. The van der Waals surface area contributed by atoms with Crippen molar-refractivity contribution in [2.24, 2.45) is 10.7 Å². The number of rotatable bonds is 4. The Bertz CT molecular complexity index is 537. The second kappa shape index (κ2) is 6.04. The van der Waals surface area contributed by atoms with Crippen LogP contribution in [0, 0.1) is 13.8 Å². The van der Waals surface area contributed by atoms with Crippen LogP contribution in [0.4, 0.5) is 5.69 Å². The second-order valence-electron chi connectivity index (χ2n) is 4.57. The first-order chi connectivity index (χ1) is 9.13. The van der Waals surface area contributed by atoms with Gasteiger partial charge in [0, 0.05) is 24.6 Å². The average molecular weight is 257 g/mol. The maximum Gasteiger partial charge on any atom is 0.193 e. The number of anilines is 1. The molecule has 1 aromatic heterocycles. The van der Waals surface area contributed by atoms with Crippen molar-refractivity contribution < 1.29 is 0 Å². The van der Waals surface area contributed by atoms with Crippen LogP contribution in [0.1, 0.15) is 11.1 Å². The van der Waals surface area contributed by atoms with E-state index in [0.717, 1.165) is 12.2 Å². The van der Waals surface area contributed by atoms with Crippen LogP contribution in [0.2, 0.25) is 0 Å². The molecule has 0 amide bonds. The Balaban J connectivity index is 1.90. The van der Waals surface area contributed by atoms with E-state index in [2.05, 4.69) is 35.2 Å². The van der Waals surface area contributed by atoms with Gasteiger partial charge in [-0.3, -0.25) is 4.99 Å². The largest absolute Gasteiger partial charge is 0.370 e. The summed E-state index contributed by atoms with van der Waals surface area (Å²) < 4.78 is 1.97. The van der Waals surface area contributed by atoms with Crippen molar-refractivity contribution >= 4 is 11.6 Å². The summed E-state index contributed by atoms with van der Waals surface area (Å²) in [7, 11) is 0. The van der Waals surface area contributed by atoms with Crippen molar-refractivity contribution in [3.63, 3.8) is 0 Å². The summed E-state index contributed by atoms with van der Waals surface area (Å²) in [4.78, 5) is 8.26. The molecule has 0 aliphatic heterocycles. The van der Waals surface area contributed by atoms with Crippen molar-refractivity contribution in [1.29, 1.82) is 0 Å². The molecule has 0 radical (unpaired) electrons. The Morgan fingerprint density at radius 2 is 2.05 bits per heavy atom. The highest BCUT2D eigenvalue weighted by Crippen LogP contribution is 2.13. The van der Waals surface area contributed by atoms with E-state index in [0.29, 0.717) is 12.5 Å². The lowest BCUT2D eigenvalue weighted by atomic mass is 10.1. The van der Waals surface area contributed by atoms with E-state index in [4.69, 9.17) is 5.73 Å². The molecular formula is C14H19N5. The summed E-state index contributed by atoms with van der Waals surface area (Å²) in [5, 5.41) is 3.11. The Morgan fingerprint density at radius 1 is 1.32 bits per heavy atom. The number of nitrogens with two attached hydrogens (primary N) is 1. The van der Waals surface area contributed by atoms with E-state index < -0.39 is 0 Å². The molecule has 0 atom stereocenters. The van der Waals surface area contributed by atoms with E-state index in [1.165, 1.54) is 11.1 Å². The molecule has 1 heterocycles. The molecule has 0 spiro atoms. The molecule has 0 aliphatic carbocycles. The molecule has 0 saturated heterocycles. The van der Waals surface area contributed by atoms with E-state index in [9.17, 15) is 0 Å². The van der Waals surface area contributed by atoms with Gasteiger partial charge in [-0.15, -0.1) is 0 Å². The van der Waals surface area contributed by atoms with Crippen LogP contribution < -0.4 is 11.1 Å². The summed E-state index contributed by atoms with van der Waals surface area (Å²) in [5.74, 6) is 0.435. The molecular weight excluding hydrogens is 238 g/mol. The number of aryl methyl sites for hydroxylation is 2. The predicted molar refractivity (Wildman–Crippen MR) is 78.3 cm³/mol. The fourth-order valence-electron chi connectivity index (χ4n) is 1.94. The van der Waals surface area contributed by atoms with Gasteiger partial charge in [-0.25, -0.2) is 4.98 Å². The van der Waals surface area contributed by atoms with Gasteiger partial charge in [-0.05, 0) is 37.1 Å². The summed E-state index contributed by atoms with van der Waals surface area (Å²) in [5.41, 5.74) is 9.24. The average Bonchev–Trinajstić information content (AvgIpc) is 2.80. The number of hydrogen-bond acceptors (Lipinski definition) is 2. The summed E-state index contributed by atoms with van der Waals surface area (Å²) in [6.45, 7) is 5.52. The van der Waals surface area contributed by atoms with Crippen molar-refractivity contribution in [2.75, 3.05) is 11.9 Å². The first-order valence-corrected chi connectivity index (χ1v) is 6.24. The fourth-order valence-corrected chi connectivity index (χ4v) is 1.94. The third-order valence-electron chi connectivity index (χ3n) is 2.69. The zero-order valence-corrected chi connectivity index (χ0v) is 11.3. The van der Waals surface area contributed by atoms with Crippen molar-refractivity contribution in [2.45, 2.75) is 20.4 Å². The van der Waals surface area contributed by atoms with Gasteiger partial charge in [-0.1, -0.05) is 6.07 Å². The number of guanidine groups is 1. The second-order valence-corrected chi connectivity index (χ2v) is 4.57. The summed E-state index contributed by atoms with van der Waals surface area (Å²) in [6, 6.07) is 6.22. The van der Waals surface area contributed by atoms with Gasteiger partial charge in [0.2, 0.25) is 0 Å². The molecule has 5 nitrogen and oxygen atoms in total. The van der Waals surface area contributed by atoms with Gasteiger partial charge in [0.15, 0.2) is 5.96 Å². The Kier molecular flexibility index (Phi) is 4.18. The number of hydrogen-bond donors (Lipinski definition) is 2. The topological polar surface area (TPSA) is 68.2 Å². The standard InChI is InChI=1S/C14H19N5/c1-11-7-12(2)9-13(8-11)18-14(15)17-4-6-19-5-3-16-10-19/h3,5,7-10H,4,6H2,1-2H3,(H3,15,17,18). The van der Waals surface area contributed by atoms with E-state index >= 15 is 0 Å². The molecule has 0 bridgehead atoms. The van der Waals surface area contributed by atoms with Crippen LogP contribution in [0.3, 0.4) is 0 Å². The summed E-state index contributed by atoms with van der Waals surface area (Å²) >= 11 is 0. The van der Waals surface area contributed by atoms with Crippen LogP contribution in [0.15, 0.2) is 41.9 Å². The van der Waals surface area contributed by atoms with Crippen molar-refractivity contribution in [1.82, 2.24) is 9.55 Å². The van der Waals surface area contributed by atoms with Gasteiger partial charge in [0.25, 0.3) is 0 Å². The molecule has 0 aliphatic rings. The van der Waals surface area contributed by atoms with Crippen LogP contribution in [0.5, 0.6) is 0 Å². The third kappa shape index (κ3) is 4.13. The Hall–Kier alpha value is -2.30. The third-order valence-corrected chi connectivity index (χ3v) is 2.69. The van der Waals surface area contributed by atoms with Crippen molar-refractivity contribution in [3.8, 4) is 0 Å². The highest BCUT2D eigenvalue weighted by Gasteiger charge is 1.97. The molecule has 2 rings (SSSR count). The van der Waals surface area contributed by atoms with Gasteiger partial charge in [-0.2, -0.15) is 0 Å². The molecule has 5 heteroatoms. The minimum Gasteiger partial charge on any atom is -0.370 e. The molecule has 0 saturated carbocycles. The number of nitrogens with zero attached hydrogens (tertiary/aromatic N) is 3. The minimum absolute atomic E-state index is 0.435. The minimum atomic E-state index is 0.435. The first-order valence-electron chi connectivity index (χ1n) is 6.24. The maximum absolute atomic E-state index is 5.86. The van der Waals surface area contributed by atoms with Gasteiger partial charge >= 0.3 is 0 Å². The highest BCUT2D eigenvalue weighted by atomic mass is 15.1. The van der Waals surface area contributed by atoms with Gasteiger partial charge in [0.1, 0.15) is 0 Å². The molecule has 0 unspecified atom stereocenters. The molecule has 100 valence electrons. The molecule has 3 N–H and O–H groups in total. The van der Waals surface area contributed by atoms with Crippen LogP contribution >= 0.6 is 0 Å². The lowest BCUT2D eigenvalue weighted by molar-refractivity contribution is 0.708. The normalized spacial score (nSPS) is 11.6. The monoisotopic (exact) mass is 257 g/mol. The first kappa shape index (κ1) is 13.1. The number of imidazole rings is 1.